The van der Waals surface area contributed by atoms with E-state index in [9.17, 15) is 4.79 Å². The summed E-state index contributed by atoms with van der Waals surface area (Å²) in [5.74, 6) is -0.359. The van der Waals surface area contributed by atoms with E-state index in [4.69, 9.17) is 5.26 Å². The van der Waals surface area contributed by atoms with Crippen LogP contribution >= 0.6 is 0 Å². The van der Waals surface area contributed by atoms with Crippen molar-refractivity contribution in [3.05, 3.63) is 52.8 Å². The maximum absolute atomic E-state index is 12.1. The molecule has 1 aliphatic heterocycles. The summed E-state index contributed by atoms with van der Waals surface area (Å²) in [6.07, 6.45) is 1.82. The van der Waals surface area contributed by atoms with Crippen LogP contribution in [0.5, 0.6) is 0 Å². The number of aromatic amines is 1. The average molecular weight is 237 g/mol. The Hall–Kier alpha value is -2.54. The van der Waals surface area contributed by atoms with E-state index in [0.29, 0.717) is 5.56 Å². The van der Waals surface area contributed by atoms with Gasteiger partial charge < -0.3 is 10.3 Å². The Morgan fingerprint density at radius 3 is 2.78 bits per heavy atom. The quantitative estimate of drug-likeness (QED) is 0.798. The monoisotopic (exact) mass is 237 g/mol. The van der Waals surface area contributed by atoms with E-state index in [2.05, 4.69) is 16.4 Å². The summed E-state index contributed by atoms with van der Waals surface area (Å²) in [6.45, 7) is 1.94. The molecular formula is C14H11N3O. The maximum Gasteiger partial charge on any atom is 0.236 e. The van der Waals surface area contributed by atoms with Crippen LogP contribution in [0.25, 0.3) is 0 Å². The van der Waals surface area contributed by atoms with Crippen molar-refractivity contribution in [3.8, 4) is 6.07 Å². The van der Waals surface area contributed by atoms with Crippen LogP contribution in [0.2, 0.25) is 0 Å². The largest absolute Gasteiger partial charge is 0.365 e. The Balaban J connectivity index is 2.17. The zero-order valence-corrected chi connectivity index (χ0v) is 9.82. The fourth-order valence-electron chi connectivity index (χ4n) is 2.42. The summed E-state index contributed by atoms with van der Waals surface area (Å²) in [6, 6.07) is 9.30. The molecule has 1 aromatic heterocycles. The molecule has 1 aliphatic rings. The van der Waals surface area contributed by atoms with Gasteiger partial charge in [-0.3, -0.25) is 4.79 Å². The molecule has 2 N–H and O–H groups in total. The lowest BCUT2D eigenvalue weighted by molar-refractivity contribution is -0.116. The molecule has 1 atom stereocenters. The van der Waals surface area contributed by atoms with Crippen molar-refractivity contribution in [3.63, 3.8) is 0 Å². The fraction of sp³-hybridized carbons (Fsp3) is 0.143. The molecular weight excluding hydrogens is 226 g/mol. The van der Waals surface area contributed by atoms with Crippen molar-refractivity contribution in [1.82, 2.24) is 4.98 Å². The molecule has 4 nitrogen and oxygen atoms in total. The van der Waals surface area contributed by atoms with E-state index in [1.54, 1.807) is 18.2 Å². The Labute approximate surface area is 104 Å². The fourth-order valence-corrected chi connectivity index (χ4v) is 2.42. The second-order valence-electron chi connectivity index (χ2n) is 4.39. The molecule has 3 rings (SSSR count). The normalized spacial score (nSPS) is 17.1. The summed E-state index contributed by atoms with van der Waals surface area (Å²) in [5, 5.41) is 11.8. The lowest BCUT2D eigenvalue weighted by Gasteiger charge is -2.08. The van der Waals surface area contributed by atoms with Crippen molar-refractivity contribution in [2.45, 2.75) is 12.8 Å². The number of aryl methyl sites for hydroxylation is 1. The van der Waals surface area contributed by atoms with E-state index in [1.165, 1.54) is 0 Å². The van der Waals surface area contributed by atoms with Crippen molar-refractivity contribution in [2.75, 3.05) is 5.32 Å². The number of H-pyrrole nitrogens is 1. The van der Waals surface area contributed by atoms with Crippen molar-refractivity contribution >= 4 is 11.6 Å². The summed E-state index contributed by atoms with van der Waals surface area (Å²) < 4.78 is 0. The minimum atomic E-state index is -0.320. The molecule has 18 heavy (non-hydrogen) atoms. The second-order valence-corrected chi connectivity index (χ2v) is 4.39. The van der Waals surface area contributed by atoms with Gasteiger partial charge in [0.15, 0.2) is 0 Å². The number of hydrogen-bond donors (Lipinski definition) is 2. The number of carbonyl (C=O) groups excluding carboxylic acids is 1. The highest BCUT2D eigenvalue weighted by molar-refractivity contribution is 6.05. The summed E-state index contributed by atoms with van der Waals surface area (Å²) in [7, 11) is 0. The third kappa shape index (κ3) is 1.41. The van der Waals surface area contributed by atoms with Crippen LogP contribution in [0.15, 0.2) is 30.5 Å². The van der Waals surface area contributed by atoms with Crippen LogP contribution in [-0.4, -0.2) is 10.9 Å². The molecule has 2 aromatic rings. The summed E-state index contributed by atoms with van der Waals surface area (Å²) in [5.41, 5.74) is 4.18. The lowest BCUT2D eigenvalue weighted by Crippen LogP contribution is -2.13. The van der Waals surface area contributed by atoms with E-state index in [-0.39, 0.29) is 11.8 Å². The standard InChI is InChI=1S/C14H11N3O/c1-8-10(4-5-16-8)13-11-6-9(7-15)2-3-12(11)17-14(13)18/h2-6,13,16H,1H3,(H,17,18). The number of rotatable bonds is 1. The number of aromatic nitrogens is 1. The second kappa shape index (κ2) is 3.74. The predicted octanol–water partition coefficient (Wildman–Crippen LogP) is 2.28. The van der Waals surface area contributed by atoms with Gasteiger partial charge in [0.25, 0.3) is 0 Å². The van der Waals surface area contributed by atoms with Crippen LogP contribution < -0.4 is 5.32 Å². The number of anilines is 1. The number of hydrogen-bond acceptors (Lipinski definition) is 2. The minimum Gasteiger partial charge on any atom is -0.365 e. The van der Waals surface area contributed by atoms with Gasteiger partial charge in [0.1, 0.15) is 0 Å². The summed E-state index contributed by atoms with van der Waals surface area (Å²) in [4.78, 5) is 15.2. The van der Waals surface area contributed by atoms with Gasteiger partial charge in [-0.1, -0.05) is 0 Å². The Morgan fingerprint density at radius 1 is 1.28 bits per heavy atom. The van der Waals surface area contributed by atoms with Crippen LogP contribution in [0.4, 0.5) is 5.69 Å². The molecule has 1 unspecified atom stereocenters. The number of fused-ring (bicyclic) bond motifs is 1. The highest BCUT2D eigenvalue weighted by Crippen LogP contribution is 2.38. The number of nitrogens with one attached hydrogen (secondary N) is 2. The first-order chi connectivity index (χ1) is 8.70. The van der Waals surface area contributed by atoms with Gasteiger partial charge in [0.2, 0.25) is 5.91 Å². The molecule has 2 heterocycles. The van der Waals surface area contributed by atoms with E-state index >= 15 is 0 Å². The number of nitrogens with zero attached hydrogens (tertiary/aromatic N) is 1. The molecule has 4 heteroatoms. The van der Waals surface area contributed by atoms with Crippen molar-refractivity contribution in [1.29, 1.82) is 5.26 Å². The van der Waals surface area contributed by atoms with Gasteiger partial charge in [-0.15, -0.1) is 0 Å². The highest BCUT2D eigenvalue weighted by Gasteiger charge is 2.33. The van der Waals surface area contributed by atoms with Crippen LogP contribution in [0.3, 0.4) is 0 Å². The van der Waals surface area contributed by atoms with Crippen LogP contribution in [0, 0.1) is 18.3 Å². The first kappa shape index (κ1) is 10.6. The first-order valence-corrected chi connectivity index (χ1v) is 5.69. The van der Waals surface area contributed by atoms with Gasteiger partial charge in [-0.25, -0.2) is 0 Å². The van der Waals surface area contributed by atoms with E-state index in [0.717, 1.165) is 22.5 Å². The summed E-state index contributed by atoms with van der Waals surface area (Å²) >= 11 is 0. The zero-order valence-electron chi connectivity index (χ0n) is 9.82. The molecule has 0 radical (unpaired) electrons. The maximum atomic E-state index is 12.1. The van der Waals surface area contributed by atoms with Crippen LogP contribution in [0.1, 0.15) is 28.3 Å². The number of benzene rings is 1. The molecule has 0 bridgehead atoms. The lowest BCUT2D eigenvalue weighted by atomic mass is 9.92. The van der Waals surface area contributed by atoms with Crippen LogP contribution in [-0.2, 0) is 4.79 Å². The van der Waals surface area contributed by atoms with Gasteiger partial charge in [-0.05, 0) is 42.3 Å². The highest BCUT2D eigenvalue weighted by atomic mass is 16.2. The molecule has 88 valence electrons. The average Bonchev–Trinajstić information content (AvgIpc) is 2.90. The Kier molecular flexibility index (Phi) is 2.20. The van der Waals surface area contributed by atoms with Crippen molar-refractivity contribution < 1.29 is 4.79 Å². The van der Waals surface area contributed by atoms with E-state index < -0.39 is 0 Å². The topological polar surface area (TPSA) is 68.7 Å². The molecule has 0 fully saturated rings. The first-order valence-electron chi connectivity index (χ1n) is 5.69. The third-order valence-corrected chi connectivity index (χ3v) is 3.32. The van der Waals surface area contributed by atoms with E-state index in [1.807, 2.05) is 19.2 Å². The third-order valence-electron chi connectivity index (χ3n) is 3.32. The number of carbonyl (C=O) groups is 1. The SMILES string of the molecule is Cc1[nH]ccc1C1C(=O)Nc2ccc(C#N)cc21. The van der Waals surface area contributed by atoms with Gasteiger partial charge in [0, 0.05) is 17.6 Å². The predicted molar refractivity (Wildman–Crippen MR) is 67.2 cm³/mol. The zero-order chi connectivity index (χ0) is 12.7. The molecule has 0 saturated carbocycles. The molecule has 0 saturated heterocycles. The molecule has 0 spiro atoms. The minimum absolute atomic E-state index is 0.0391. The van der Waals surface area contributed by atoms with Crippen molar-refractivity contribution in [2.24, 2.45) is 0 Å². The molecule has 1 aromatic carbocycles. The number of nitriles is 1. The van der Waals surface area contributed by atoms with Gasteiger partial charge in [0.05, 0.1) is 17.6 Å². The Bertz CT molecular complexity index is 679. The van der Waals surface area contributed by atoms with Gasteiger partial charge >= 0.3 is 0 Å². The molecule has 0 aliphatic carbocycles. The number of amides is 1. The van der Waals surface area contributed by atoms with Gasteiger partial charge in [-0.2, -0.15) is 5.26 Å². The smallest absolute Gasteiger partial charge is 0.236 e. The molecule has 1 amide bonds. The Morgan fingerprint density at radius 2 is 2.11 bits per heavy atom.